The molecule has 13 aromatic rings. The minimum absolute atomic E-state index is 0.375. The maximum Gasteiger partial charge on any atom is 0.196 e. The first-order chi connectivity index (χ1) is 37.5. The lowest BCUT2D eigenvalue weighted by molar-refractivity contribution is 1.06. The van der Waals surface area contributed by atoms with Crippen LogP contribution in [0, 0.1) is 35.8 Å². The van der Waals surface area contributed by atoms with Gasteiger partial charge in [0.25, 0.3) is 0 Å². The van der Waals surface area contributed by atoms with Gasteiger partial charge in [0.1, 0.15) is 0 Å². The molecular formula is C67H37N9. The summed E-state index contributed by atoms with van der Waals surface area (Å²) in [5.41, 5.74) is 14.9. The second kappa shape index (κ2) is 18.4. The van der Waals surface area contributed by atoms with Gasteiger partial charge in [-0.3, -0.25) is 0 Å². The average Bonchev–Trinajstić information content (AvgIpc) is 4.10. The third-order valence-electron chi connectivity index (χ3n) is 14.1. The lowest BCUT2D eigenvalue weighted by atomic mass is 9.97. The highest BCUT2D eigenvalue weighted by molar-refractivity contribution is 6.13. The molecule has 9 heteroatoms. The predicted molar refractivity (Wildman–Crippen MR) is 303 cm³/mol. The fourth-order valence-corrected chi connectivity index (χ4v) is 10.5. The van der Waals surface area contributed by atoms with Crippen molar-refractivity contribution in [1.82, 2.24) is 24.1 Å². The Kier molecular flexibility index (Phi) is 10.8. The van der Waals surface area contributed by atoms with Gasteiger partial charge in [-0.25, -0.2) is 24.6 Å². The number of hydrogen-bond acceptors (Lipinski definition) is 5. The maximum atomic E-state index is 10.3. The minimum atomic E-state index is 0.375. The molecule has 9 nitrogen and oxygen atoms in total. The first kappa shape index (κ1) is 44.7. The molecule has 10 aromatic carbocycles. The molecule has 0 amide bonds. The number of para-hydroxylation sites is 2. The summed E-state index contributed by atoms with van der Waals surface area (Å²) in [6, 6.07) is 79.3. The largest absolute Gasteiger partial charge is 0.309 e. The van der Waals surface area contributed by atoms with Gasteiger partial charge < -0.3 is 9.13 Å². The van der Waals surface area contributed by atoms with Crippen LogP contribution >= 0.6 is 0 Å². The summed E-state index contributed by atoms with van der Waals surface area (Å²) in [6.45, 7) is 15.7. The molecular weight excluding hydrogens is 931 g/mol. The summed E-state index contributed by atoms with van der Waals surface area (Å²) in [6.07, 6.45) is 0. The lowest BCUT2D eigenvalue weighted by Gasteiger charge is -2.17. The highest BCUT2D eigenvalue weighted by atomic mass is 15.1. The van der Waals surface area contributed by atoms with Crippen LogP contribution in [-0.2, 0) is 0 Å². The third-order valence-corrected chi connectivity index (χ3v) is 14.1. The number of hydrogen-bond donors (Lipinski definition) is 0. The smallest absolute Gasteiger partial charge is 0.196 e. The van der Waals surface area contributed by atoms with Crippen LogP contribution < -0.4 is 0 Å². The molecule has 0 bridgehead atoms. The van der Waals surface area contributed by atoms with Gasteiger partial charge in [0.15, 0.2) is 28.8 Å². The van der Waals surface area contributed by atoms with Crippen molar-refractivity contribution in [3.8, 4) is 91.1 Å². The van der Waals surface area contributed by atoms with E-state index < -0.39 is 0 Å². The number of rotatable bonds is 8. The molecule has 0 fully saturated rings. The normalized spacial score (nSPS) is 11.1. The van der Waals surface area contributed by atoms with E-state index in [1.54, 1.807) is 24.3 Å². The van der Waals surface area contributed by atoms with Crippen molar-refractivity contribution in [1.29, 1.82) is 10.5 Å². The fourth-order valence-electron chi connectivity index (χ4n) is 10.5. The maximum absolute atomic E-state index is 10.3. The number of aromatic nitrogens is 5. The zero-order valence-electron chi connectivity index (χ0n) is 40.4. The van der Waals surface area contributed by atoms with E-state index in [9.17, 15) is 10.5 Å². The van der Waals surface area contributed by atoms with E-state index >= 15 is 0 Å². The van der Waals surface area contributed by atoms with E-state index in [1.165, 1.54) is 0 Å². The van der Waals surface area contributed by atoms with Crippen LogP contribution in [0.2, 0.25) is 0 Å². The minimum Gasteiger partial charge on any atom is -0.309 e. The SMILES string of the molecule is [C-]#[N+]c1ccc(-c2ccc3c(c2)c2cc(-c4ccc(C#N)cc4[N+]#[C-])ccc2n3-c2ccc(-c3ccc4c(c3)c3ccccc3n4-c3ccccc3)cc2-c2nc(-c3ccccc3)nc(-c3ccccc3)n2)c(C#N)c1. The molecule has 3 aromatic heterocycles. The van der Waals surface area contributed by atoms with Gasteiger partial charge in [-0.15, -0.1) is 0 Å². The van der Waals surface area contributed by atoms with Crippen molar-refractivity contribution in [2.75, 3.05) is 0 Å². The van der Waals surface area contributed by atoms with E-state index in [-0.39, 0.29) is 0 Å². The number of nitrogens with zero attached hydrogens (tertiary/aromatic N) is 9. The number of nitriles is 2. The van der Waals surface area contributed by atoms with E-state index in [2.05, 4.69) is 140 Å². The summed E-state index contributed by atoms with van der Waals surface area (Å²) in [7, 11) is 0. The lowest BCUT2D eigenvalue weighted by Crippen LogP contribution is -2.04. The Morgan fingerprint density at radius 1 is 0.368 bits per heavy atom. The van der Waals surface area contributed by atoms with Crippen LogP contribution in [0.15, 0.2) is 224 Å². The highest BCUT2D eigenvalue weighted by Gasteiger charge is 2.23. The Hall–Kier alpha value is -11.2. The second-order valence-electron chi connectivity index (χ2n) is 18.4. The van der Waals surface area contributed by atoms with Crippen molar-refractivity contribution in [3.05, 3.63) is 258 Å². The number of fused-ring (bicyclic) bond motifs is 6. The Morgan fingerprint density at radius 3 is 1.54 bits per heavy atom. The number of benzene rings is 10. The van der Waals surface area contributed by atoms with Gasteiger partial charge in [-0.1, -0.05) is 140 Å². The molecule has 350 valence electrons. The molecule has 0 atom stereocenters. The molecule has 0 spiro atoms. The van der Waals surface area contributed by atoms with Gasteiger partial charge >= 0.3 is 0 Å². The van der Waals surface area contributed by atoms with Crippen molar-refractivity contribution in [3.63, 3.8) is 0 Å². The van der Waals surface area contributed by atoms with E-state index in [0.29, 0.717) is 51.1 Å². The Morgan fingerprint density at radius 2 is 0.895 bits per heavy atom. The van der Waals surface area contributed by atoms with Gasteiger partial charge in [0.05, 0.1) is 53.0 Å². The van der Waals surface area contributed by atoms with E-state index in [4.69, 9.17) is 28.1 Å². The summed E-state index contributed by atoms with van der Waals surface area (Å²) in [5, 5.41) is 24.1. The summed E-state index contributed by atoms with van der Waals surface area (Å²) < 4.78 is 4.56. The fraction of sp³-hybridized carbons (Fsp3) is 0. The van der Waals surface area contributed by atoms with Crippen molar-refractivity contribution in [2.45, 2.75) is 0 Å². The standard InChI is InChI=1S/C67H37N9/c1-70-50-27-29-52(49(35-50)41-69)47-25-32-62-56(38-47)57-39-48(53-28-22-42(40-68)34-59(53)71-2)26-33-63(57)76(62)64-31-24-46(45-23-30-61-55(36-45)54-20-12-13-21-60(54)75(61)51-18-10-5-11-19-51)37-58(64)67-73-65(43-14-6-3-7-15-43)72-66(74-67)44-16-8-4-9-17-44/h3-39H. The second-order valence-corrected chi connectivity index (χ2v) is 18.4. The van der Waals surface area contributed by atoms with Crippen LogP contribution in [0.3, 0.4) is 0 Å². The molecule has 0 saturated heterocycles. The molecule has 0 aliphatic rings. The monoisotopic (exact) mass is 967 g/mol. The third kappa shape index (κ3) is 7.58. The zero-order valence-corrected chi connectivity index (χ0v) is 40.4. The van der Waals surface area contributed by atoms with Gasteiger partial charge in [0, 0.05) is 55.0 Å². The molecule has 0 aliphatic heterocycles. The molecule has 0 N–H and O–H groups in total. The molecule has 0 unspecified atom stereocenters. The first-order valence-electron chi connectivity index (χ1n) is 24.5. The Bertz CT molecular complexity index is 4490. The van der Waals surface area contributed by atoms with E-state index in [1.807, 2.05) is 91.0 Å². The Labute approximate surface area is 437 Å². The molecule has 0 radical (unpaired) electrons. The van der Waals surface area contributed by atoms with Crippen molar-refractivity contribution >= 4 is 55.0 Å². The average molecular weight is 968 g/mol. The van der Waals surface area contributed by atoms with Gasteiger partial charge in [0.2, 0.25) is 0 Å². The molecule has 76 heavy (non-hydrogen) atoms. The van der Waals surface area contributed by atoms with Crippen LogP contribution in [0.4, 0.5) is 11.4 Å². The van der Waals surface area contributed by atoms with Crippen molar-refractivity contribution in [2.24, 2.45) is 0 Å². The van der Waals surface area contributed by atoms with Gasteiger partial charge in [-0.2, -0.15) is 10.5 Å². The molecule has 3 heterocycles. The predicted octanol–water partition coefficient (Wildman–Crippen LogP) is 16.9. The Balaban J connectivity index is 1.09. The summed E-state index contributed by atoms with van der Waals surface area (Å²) in [4.78, 5) is 23.2. The molecule has 0 aliphatic carbocycles. The highest BCUT2D eigenvalue weighted by Crippen LogP contribution is 2.43. The van der Waals surface area contributed by atoms with Gasteiger partial charge in [-0.05, 0) is 118 Å². The van der Waals surface area contributed by atoms with Crippen LogP contribution in [0.25, 0.3) is 132 Å². The quantitative estimate of drug-likeness (QED) is 0.141. The topological polar surface area (TPSA) is 105 Å². The van der Waals surface area contributed by atoms with E-state index in [0.717, 1.165) is 93.9 Å². The summed E-state index contributed by atoms with van der Waals surface area (Å²) >= 11 is 0. The van der Waals surface area contributed by atoms with Crippen molar-refractivity contribution < 1.29 is 0 Å². The van der Waals surface area contributed by atoms with Crippen LogP contribution in [-0.4, -0.2) is 24.1 Å². The first-order valence-corrected chi connectivity index (χ1v) is 24.5. The molecule has 13 rings (SSSR count). The van der Waals surface area contributed by atoms with Crippen LogP contribution in [0.5, 0.6) is 0 Å². The zero-order chi connectivity index (χ0) is 51.3. The molecule has 0 saturated carbocycles. The van der Waals surface area contributed by atoms with Crippen LogP contribution in [0.1, 0.15) is 11.1 Å². The summed E-state index contributed by atoms with van der Waals surface area (Å²) in [5.74, 6) is 1.54.